The molecule has 0 spiro atoms. The van der Waals surface area contributed by atoms with Crippen molar-refractivity contribution in [2.75, 3.05) is 0 Å². The third-order valence-electron chi connectivity index (χ3n) is 2.51. The van der Waals surface area contributed by atoms with E-state index < -0.39 is 0 Å². The zero-order chi connectivity index (χ0) is 10.7. The Hall–Kier alpha value is -2.01. The Morgan fingerprint density at radius 2 is 2.27 bits per heavy atom. The van der Waals surface area contributed by atoms with Crippen molar-refractivity contribution in [1.82, 2.24) is 4.57 Å². The molecule has 2 heteroatoms. The lowest BCUT2D eigenvalue weighted by molar-refractivity contribution is 0.739. The minimum Gasteiger partial charge on any atom is -0.347 e. The monoisotopic (exact) mass is 196 g/mol. The minimum atomic E-state index is 0.741. The molecule has 0 aliphatic carbocycles. The van der Waals surface area contributed by atoms with Gasteiger partial charge in [-0.15, -0.1) is 6.58 Å². The maximum Gasteiger partial charge on any atom is 0.0998 e. The Bertz CT molecular complexity index is 529. The van der Waals surface area contributed by atoms with Crippen molar-refractivity contribution < 1.29 is 0 Å². The molecular weight excluding hydrogens is 184 g/mol. The summed E-state index contributed by atoms with van der Waals surface area (Å²) in [5, 5.41) is 9.98. The second-order valence-corrected chi connectivity index (χ2v) is 3.44. The lowest BCUT2D eigenvalue weighted by Crippen LogP contribution is -1.94. The second kappa shape index (κ2) is 4.02. The Morgan fingerprint density at radius 3 is 3.00 bits per heavy atom. The molecule has 0 amide bonds. The molecule has 0 atom stereocenters. The van der Waals surface area contributed by atoms with Crippen LogP contribution in [0.2, 0.25) is 0 Å². The SMILES string of the molecule is C=CCCn1ccc2c(C#N)cccc21. The van der Waals surface area contributed by atoms with Crippen LogP contribution in [0.5, 0.6) is 0 Å². The van der Waals surface area contributed by atoms with Crippen LogP contribution in [0.15, 0.2) is 43.1 Å². The zero-order valence-electron chi connectivity index (χ0n) is 8.48. The van der Waals surface area contributed by atoms with E-state index in [-0.39, 0.29) is 0 Å². The van der Waals surface area contributed by atoms with Gasteiger partial charge in [0.1, 0.15) is 0 Å². The summed E-state index contributed by atoms with van der Waals surface area (Å²) in [5.41, 5.74) is 1.86. The van der Waals surface area contributed by atoms with Gasteiger partial charge in [-0.25, -0.2) is 0 Å². The average molecular weight is 196 g/mol. The van der Waals surface area contributed by atoms with Gasteiger partial charge in [0, 0.05) is 23.6 Å². The van der Waals surface area contributed by atoms with E-state index in [2.05, 4.69) is 17.2 Å². The van der Waals surface area contributed by atoms with Crippen LogP contribution in [0.25, 0.3) is 10.9 Å². The third-order valence-corrected chi connectivity index (χ3v) is 2.51. The van der Waals surface area contributed by atoms with E-state index in [9.17, 15) is 0 Å². The van der Waals surface area contributed by atoms with Gasteiger partial charge in [0.05, 0.1) is 11.6 Å². The Kier molecular flexibility index (Phi) is 2.55. The fourth-order valence-corrected chi connectivity index (χ4v) is 1.75. The van der Waals surface area contributed by atoms with Crippen LogP contribution in [-0.4, -0.2) is 4.57 Å². The smallest absolute Gasteiger partial charge is 0.0998 e. The van der Waals surface area contributed by atoms with E-state index in [0.717, 1.165) is 29.4 Å². The Labute approximate surface area is 89.1 Å². The van der Waals surface area contributed by atoms with Crippen LogP contribution >= 0.6 is 0 Å². The molecule has 0 saturated heterocycles. The first-order valence-electron chi connectivity index (χ1n) is 4.95. The molecule has 1 heterocycles. The summed E-state index contributed by atoms with van der Waals surface area (Å²) in [7, 11) is 0. The number of fused-ring (bicyclic) bond motifs is 1. The van der Waals surface area contributed by atoms with Crippen molar-refractivity contribution in [3.05, 3.63) is 48.7 Å². The minimum absolute atomic E-state index is 0.741. The number of nitrogens with zero attached hydrogens (tertiary/aromatic N) is 2. The van der Waals surface area contributed by atoms with Gasteiger partial charge in [-0.3, -0.25) is 0 Å². The standard InChI is InChI=1S/C13H12N2/c1-2-3-8-15-9-7-12-11(10-14)5-4-6-13(12)15/h2,4-7,9H,1,3,8H2. The molecule has 2 rings (SSSR count). The first kappa shape index (κ1) is 9.54. The van der Waals surface area contributed by atoms with E-state index in [1.165, 1.54) is 0 Å². The van der Waals surface area contributed by atoms with Crippen LogP contribution < -0.4 is 0 Å². The van der Waals surface area contributed by atoms with Gasteiger partial charge in [-0.05, 0) is 24.6 Å². The molecule has 2 nitrogen and oxygen atoms in total. The van der Waals surface area contributed by atoms with E-state index in [0.29, 0.717) is 0 Å². The molecule has 0 aliphatic rings. The van der Waals surface area contributed by atoms with Gasteiger partial charge in [-0.1, -0.05) is 12.1 Å². The molecule has 1 aromatic carbocycles. The molecule has 0 N–H and O–H groups in total. The maximum atomic E-state index is 8.95. The van der Waals surface area contributed by atoms with Crippen molar-refractivity contribution in [3.8, 4) is 6.07 Å². The molecular formula is C13H12N2. The molecule has 1 aromatic heterocycles. The molecule has 0 aliphatic heterocycles. The van der Waals surface area contributed by atoms with Crippen molar-refractivity contribution in [2.24, 2.45) is 0 Å². The summed E-state index contributed by atoms with van der Waals surface area (Å²) in [6.45, 7) is 4.63. The van der Waals surface area contributed by atoms with Crippen LogP contribution in [0.4, 0.5) is 0 Å². The molecule has 0 saturated carbocycles. The highest BCUT2D eigenvalue weighted by molar-refractivity contribution is 5.85. The van der Waals surface area contributed by atoms with E-state index >= 15 is 0 Å². The highest BCUT2D eigenvalue weighted by Crippen LogP contribution is 2.19. The molecule has 0 fully saturated rings. The van der Waals surface area contributed by atoms with Gasteiger partial charge < -0.3 is 4.57 Å². The summed E-state index contributed by atoms with van der Waals surface area (Å²) < 4.78 is 2.15. The Balaban J connectivity index is 2.52. The number of hydrogen-bond acceptors (Lipinski definition) is 1. The van der Waals surface area contributed by atoms with E-state index in [1.807, 2.05) is 36.5 Å². The summed E-state index contributed by atoms with van der Waals surface area (Å²) in [5.74, 6) is 0. The number of benzene rings is 1. The summed E-state index contributed by atoms with van der Waals surface area (Å²) in [4.78, 5) is 0. The van der Waals surface area contributed by atoms with Crippen molar-refractivity contribution in [3.63, 3.8) is 0 Å². The van der Waals surface area contributed by atoms with Gasteiger partial charge in [0.25, 0.3) is 0 Å². The summed E-state index contributed by atoms with van der Waals surface area (Å²) >= 11 is 0. The quantitative estimate of drug-likeness (QED) is 0.693. The highest BCUT2D eigenvalue weighted by Gasteiger charge is 2.03. The zero-order valence-corrected chi connectivity index (χ0v) is 8.48. The number of rotatable bonds is 3. The summed E-state index contributed by atoms with van der Waals surface area (Å²) in [6, 6.07) is 10.0. The first-order valence-corrected chi connectivity index (χ1v) is 4.95. The van der Waals surface area contributed by atoms with Crippen LogP contribution in [0.3, 0.4) is 0 Å². The van der Waals surface area contributed by atoms with Crippen LogP contribution in [-0.2, 0) is 6.54 Å². The molecule has 0 radical (unpaired) electrons. The highest BCUT2D eigenvalue weighted by atomic mass is 14.9. The lowest BCUT2D eigenvalue weighted by atomic mass is 10.1. The largest absolute Gasteiger partial charge is 0.347 e. The first-order chi connectivity index (χ1) is 7.36. The lowest BCUT2D eigenvalue weighted by Gasteiger charge is -2.02. The molecule has 0 unspecified atom stereocenters. The van der Waals surface area contributed by atoms with E-state index in [1.54, 1.807) is 0 Å². The third kappa shape index (κ3) is 1.64. The molecule has 74 valence electrons. The van der Waals surface area contributed by atoms with E-state index in [4.69, 9.17) is 5.26 Å². The van der Waals surface area contributed by atoms with Gasteiger partial charge in [0.2, 0.25) is 0 Å². The maximum absolute atomic E-state index is 8.95. The number of allylic oxidation sites excluding steroid dienone is 1. The predicted molar refractivity (Wildman–Crippen MR) is 61.5 cm³/mol. The van der Waals surface area contributed by atoms with Crippen molar-refractivity contribution in [2.45, 2.75) is 13.0 Å². The molecule has 0 bridgehead atoms. The normalized spacial score (nSPS) is 10.1. The average Bonchev–Trinajstić information content (AvgIpc) is 2.69. The number of nitriles is 1. The number of aromatic nitrogens is 1. The number of aryl methyl sites for hydroxylation is 1. The van der Waals surface area contributed by atoms with Gasteiger partial charge in [-0.2, -0.15) is 5.26 Å². The fraction of sp³-hybridized carbons (Fsp3) is 0.154. The van der Waals surface area contributed by atoms with Crippen molar-refractivity contribution >= 4 is 10.9 Å². The van der Waals surface area contributed by atoms with Gasteiger partial charge >= 0.3 is 0 Å². The second-order valence-electron chi connectivity index (χ2n) is 3.44. The topological polar surface area (TPSA) is 28.7 Å². The molecule has 15 heavy (non-hydrogen) atoms. The molecule has 2 aromatic rings. The Morgan fingerprint density at radius 1 is 1.40 bits per heavy atom. The fourth-order valence-electron chi connectivity index (χ4n) is 1.75. The van der Waals surface area contributed by atoms with Crippen molar-refractivity contribution in [1.29, 1.82) is 5.26 Å². The van der Waals surface area contributed by atoms with Crippen LogP contribution in [0, 0.1) is 11.3 Å². The van der Waals surface area contributed by atoms with Gasteiger partial charge in [0.15, 0.2) is 0 Å². The number of hydrogen-bond donors (Lipinski definition) is 0. The predicted octanol–water partition coefficient (Wildman–Crippen LogP) is 3.09. The summed E-state index contributed by atoms with van der Waals surface area (Å²) in [6.07, 6.45) is 4.87. The van der Waals surface area contributed by atoms with Crippen LogP contribution in [0.1, 0.15) is 12.0 Å².